The van der Waals surface area contributed by atoms with Gasteiger partial charge in [0.15, 0.2) is 0 Å². The zero-order valence-corrected chi connectivity index (χ0v) is 20.9. The number of amides is 1. The number of carbonyl (C=O) groups excluding carboxylic acids is 1. The van der Waals surface area contributed by atoms with Gasteiger partial charge in [-0.1, -0.05) is 24.3 Å². The van der Waals surface area contributed by atoms with Crippen molar-refractivity contribution < 1.29 is 9.00 Å². The molecule has 5 rings (SSSR count). The van der Waals surface area contributed by atoms with E-state index in [1.54, 1.807) is 60.9 Å². The van der Waals surface area contributed by atoms with Gasteiger partial charge in [-0.3, -0.25) is 4.79 Å². The quantitative estimate of drug-likeness (QED) is 0.151. The molecule has 184 valence electrons. The Bertz CT molecular complexity index is 1640. The number of anilines is 2. The van der Waals surface area contributed by atoms with E-state index in [0.29, 0.717) is 33.2 Å². The summed E-state index contributed by atoms with van der Waals surface area (Å²) in [4.78, 5) is 25.5. The number of alkyl halides is 1. The number of nitrogens with zero attached hydrogens (tertiary/aromatic N) is 2. The highest BCUT2D eigenvalue weighted by Crippen LogP contribution is 2.35. The predicted octanol–water partition coefficient (Wildman–Crippen LogP) is 5.75. The number of pyridine rings is 2. The molecule has 0 radical (unpaired) electrons. The zero-order valence-electron chi connectivity index (χ0n) is 19.4. The molecule has 10 heteroatoms. The Morgan fingerprint density at radius 1 is 1.05 bits per heavy atom. The van der Waals surface area contributed by atoms with Gasteiger partial charge in [0.1, 0.15) is 22.3 Å². The highest BCUT2D eigenvalue weighted by Gasteiger charge is 2.18. The Labute approximate surface area is 220 Å². The fourth-order valence-electron chi connectivity index (χ4n) is 3.93. The molecule has 0 aliphatic rings. The monoisotopic (exact) mass is 528 g/mol. The molecule has 1 atom stereocenters. The summed E-state index contributed by atoms with van der Waals surface area (Å²) in [5, 5.41) is 11.9. The highest BCUT2D eigenvalue weighted by molar-refractivity contribution is 7.86. The number of nitrogens with one attached hydrogen (secondary N) is 4. The van der Waals surface area contributed by atoms with Crippen LogP contribution in [0.2, 0.25) is 0 Å². The van der Waals surface area contributed by atoms with E-state index in [9.17, 15) is 9.00 Å². The summed E-state index contributed by atoms with van der Waals surface area (Å²) in [5.41, 5.74) is 4.23. The standard InChI is InChI=1S/C27H21ClN6O2S/c28-15-18-5-4-8-23(32-18)27(35)33-24-13-17(20-9-11-30-26-21(20)10-12-31-26)14-25(22(24)16-29)34-37(36)19-6-2-1-3-7-19/h1-14,16,29,34H,15H2,(H,30,31)(H,33,35). The van der Waals surface area contributed by atoms with Gasteiger partial charge >= 0.3 is 0 Å². The molecule has 1 amide bonds. The first-order chi connectivity index (χ1) is 18.1. The van der Waals surface area contributed by atoms with Crippen molar-refractivity contribution in [2.75, 3.05) is 10.0 Å². The number of H-pyrrole nitrogens is 1. The second-order valence-electron chi connectivity index (χ2n) is 8.01. The summed E-state index contributed by atoms with van der Waals surface area (Å²) >= 11 is 5.89. The average molecular weight is 529 g/mol. The fraction of sp³-hybridized carbons (Fsp3) is 0.0370. The van der Waals surface area contributed by atoms with Crippen LogP contribution in [-0.2, 0) is 16.9 Å². The fourth-order valence-corrected chi connectivity index (χ4v) is 4.97. The number of aromatic nitrogens is 3. The van der Waals surface area contributed by atoms with E-state index in [-0.39, 0.29) is 11.6 Å². The molecule has 3 heterocycles. The molecule has 5 aromatic rings. The van der Waals surface area contributed by atoms with Gasteiger partial charge in [0.05, 0.1) is 27.8 Å². The minimum Gasteiger partial charge on any atom is -0.346 e. The van der Waals surface area contributed by atoms with E-state index in [0.717, 1.165) is 22.7 Å². The van der Waals surface area contributed by atoms with Crippen molar-refractivity contribution in [2.24, 2.45) is 0 Å². The van der Waals surface area contributed by atoms with Crippen LogP contribution in [0.25, 0.3) is 22.2 Å². The van der Waals surface area contributed by atoms with Gasteiger partial charge in [0, 0.05) is 29.6 Å². The van der Waals surface area contributed by atoms with Crippen LogP contribution >= 0.6 is 11.6 Å². The Balaban J connectivity index is 1.62. The van der Waals surface area contributed by atoms with E-state index in [4.69, 9.17) is 17.0 Å². The van der Waals surface area contributed by atoms with Crippen molar-refractivity contribution in [1.82, 2.24) is 15.0 Å². The molecular weight excluding hydrogens is 508 g/mol. The van der Waals surface area contributed by atoms with Crippen LogP contribution in [0.5, 0.6) is 0 Å². The lowest BCUT2D eigenvalue weighted by Crippen LogP contribution is -2.16. The number of aromatic amines is 1. The largest absolute Gasteiger partial charge is 0.346 e. The number of halogens is 1. The van der Waals surface area contributed by atoms with Crippen molar-refractivity contribution in [3.05, 3.63) is 102 Å². The molecule has 3 aromatic heterocycles. The molecule has 0 aliphatic carbocycles. The first kappa shape index (κ1) is 24.4. The third-order valence-corrected chi connectivity index (χ3v) is 7.06. The molecule has 0 saturated heterocycles. The second kappa shape index (κ2) is 10.7. The third kappa shape index (κ3) is 5.13. The summed E-state index contributed by atoms with van der Waals surface area (Å²) in [6, 6.07) is 21.4. The van der Waals surface area contributed by atoms with E-state index in [1.807, 2.05) is 24.3 Å². The lowest BCUT2D eigenvalue weighted by molar-refractivity contribution is 0.102. The van der Waals surface area contributed by atoms with Crippen molar-refractivity contribution in [3.8, 4) is 11.1 Å². The number of hydrogen-bond acceptors (Lipinski definition) is 5. The SMILES string of the molecule is N=Cc1c(NC(=O)c2cccc(CCl)n2)cc(-c2ccnc3[nH]ccc23)cc1NS(=O)c1ccccc1. The molecule has 0 bridgehead atoms. The van der Waals surface area contributed by atoms with E-state index < -0.39 is 16.9 Å². The van der Waals surface area contributed by atoms with Crippen molar-refractivity contribution in [1.29, 1.82) is 5.41 Å². The highest BCUT2D eigenvalue weighted by atomic mass is 35.5. The summed E-state index contributed by atoms with van der Waals surface area (Å²) in [6.07, 6.45) is 4.60. The van der Waals surface area contributed by atoms with Crippen LogP contribution in [0.1, 0.15) is 21.7 Å². The molecule has 2 aromatic carbocycles. The second-order valence-corrected chi connectivity index (χ2v) is 9.49. The summed E-state index contributed by atoms with van der Waals surface area (Å²) < 4.78 is 16.1. The Hall–Kier alpha value is -4.34. The van der Waals surface area contributed by atoms with Crippen LogP contribution in [0, 0.1) is 5.41 Å². The molecule has 0 fully saturated rings. The lowest BCUT2D eigenvalue weighted by atomic mass is 9.99. The van der Waals surface area contributed by atoms with Crippen LogP contribution in [0.4, 0.5) is 11.4 Å². The number of hydrogen-bond donors (Lipinski definition) is 4. The average Bonchev–Trinajstić information content (AvgIpc) is 3.42. The van der Waals surface area contributed by atoms with Gasteiger partial charge in [0.2, 0.25) is 0 Å². The maximum atomic E-state index is 13.1. The Morgan fingerprint density at radius 2 is 1.86 bits per heavy atom. The molecular formula is C27H21ClN6O2S. The maximum Gasteiger partial charge on any atom is 0.274 e. The topological polar surface area (TPSA) is 124 Å². The lowest BCUT2D eigenvalue weighted by Gasteiger charge is -2.17. The molecule has 0 saturated carbocycles. The van der Waals surface area contributed by atoms with Gasteiger partial charge < -0.3 is 20.4 Å². The van der Waals surface area contributed by atoms with Crippen LogP contribution in [0.3, 0.4) is 0 Å². The molecule has 4 N–H and O–H groups in total. The molecule has 37 heavy (non-hydrogen) atoms. The summed E-state index contributed by atoms with van der Waals surface area (Å²) in [5.74, 6) is -0.278. The molecule has 8 nitrogen and oxygen atoms in total. The predicted molar refractivity (Wildman–Crippen MR) is 148 cm³/mol. The third-order valence-electron chi connectivity index (χ3n) is 5.68. The smallest absolute Gasteiger partial charge is 0.274 e. The van der Waals surface area contributed by atoms with Gasteiger partial charge in [-0.25, -0.2) is 14.2 Å². The minimum absolute atomic E-state index is 0.177. The first-order valence-corrected chi connectivity index (χ1v) is 12.9. The molecule has 1 unspecified atom stereocenters. The minimum atomic E-state index is -1.60. The van der Waals surface area contributed by atoms with Crippen molar-refractivity contribution in [3.63, 3.8) is 0 Å². The van der Waals surface area contributed by atoms with Gasteiger partial charge in [-0.2, -0.15) is 0 Å². The summed E-state index contributed by atoms with van der Waals surface area (Å²) in [7, 11) is -1.60. The molecule has 0 aliphatic heterocycles. The maximum absolute atomic E-state index is 13.1. The van der Waals surface area contributed by atoms with E-state index >= 15 is 0 Å². The first-order valence-electron chi connectivity index (χ1n) is 11.2. The van der Waals surface area contributed by atoms with Gasteiger partial charge in [-0.05, 0) is 59.7 Å². The zero-order chi connectivity index (χ0) is 25.8. The number of rotatable bonds is 8. The Kier molecular flexibility index (Phi) is 7.07. The van der Waals surface area contributed by atoms with Crippen LogP contribution in [-0.4, -0.2) is 31.3 Å². The van der Waals surface area contributed by atoms with Gasteiger partial charge in [0.25, 0.3) is 5.91 Å². The number of fused-ring (bicyclic) bond motifs is 1. The van der Waals surface area contributed by atoms with E-state index in [2.05, 4.69) is 25.0 Å². The molecule has 0 spiro atoms. The van der Waals surface area contributed by atoms with Crippen LogP contribution in [0.15, 0.2) is 90.1 Å². The Morgan fingerprint density at radius 3 is 2.65 bits per heavy atom. The normalized spacial score (nSPS) is 11.7. The van der Waals surface area contributed by atoms with Crippen LogP contribution < -0.4 is 10.0 Å². The van der Waals surface area contributed by atoms with Crippen molar-refractivity contribution >= 4 is 57.1 Å². The van der Waals surface area contributed by atoms with Crippen molar-refractivity contribution in [2.45, 2.75) is 10.8 Å². The summed E-state index contributed by atoms with van der Waals surface area (Å²) in [6.45, 7) is 0. The van der Waals surface area contributed by atoms with Gasteiger partial charge in [-0.15, -0.1) is 11.6 Å². The number of benzene rings is 2. The van der Waals surface area contributed by atoms with E-state index in [1.165, 1.54) is 0 Å². The number of carbonyl (C=O) groups is 1.